The van der Waals surface area contributed by atoms with Crippen molar-refractivity contribution in [1.82, 2.24) is 4.98 Å². The first-order valence-corrected chi connectivity index (χ1v) is 6.68. The van der Waals surface area contributed by atoms with Crippen molar-refractivity contribution >= 4 is 17.7 Å². The molecule has 1 N–H and O–H groups in total. The maximum Gasteiger partial charge on any atom is 0.433 e. The van der Waals surface area contributed by atoms with E-state index in [0.29, 0.717) is 11.8 Å². The molecule has 1 aromatic rings. The molecule has 0 spiro atoms. The zero-order chi connectivity index (χ0) is 14.6. The maximum absolute atomic E-state index is 12.5. The highest BCUT2D eigenvalue weighted by Gasteiger charge is 2.33. The largest absolute Gasteiger partial charge is 0.478 e. The number of hydrogen-bond acceptors (Lipinski definition) is 3. The Morgan fingerprint density at radius 1 is 1.47 bits per heavy atom. The Kier molecular flexibility index (Phi) is 5.22. The number of carbonyl (C=O) groups is 1. The molecule has 7 heteroatoms. The summed E-state index contributed by atoms with van der Waals surface area (Å²) in [6, 6.07) is 1.65. The molecule has 1 unspecified atom stereocenters. The Labute approximate surface area is 113 Å². The van der Waals surface area contributed by atoms with Gasteiger partial charge in [0.1, 0.15) is 10.7 Å². The topological polar surface area (TPSA) is 50.2 Å². The number of carboxylic acid groups (broad SMARTS) is 1. The molecule has 3 nitrogen and oxygen atoms in total. The zero-order valence-electron chi connectivity index (χ0n) is 10.5. The molecule has 0 aliphatic rings. The highest BCUT2D eigenvalue weighted by atomic mass is 32.2. The van der Waals surface area contributed by atoms with E-state index in [1.54, 1.807) is 0 Å². The van der Waals surface area contributed by atoms with Gasteiger partial charge in [0, 0.05) is 5.75 Å². The van der Waals surface area contributed by atoms with Crippen molar-refractivity contribution in [3.05, 3.63) is 23.4 Å². The molecule has 19 heavy (non-hydrogen) atoms. The first-order chi connectivity index (χ1) is 8.75. The second-order valence-corrected chi connectivity index (χ2v) is 5.19. The van der Waals surface area contributed by atoms with Crippen LogP contribution in [-0.4, -0.2) is 21.8 Å². The lowest BCUT2D eigenvalue weighted by Crippen LogP contribution is -2.11. The van der Waals surface area contributed by atoms with Crippen molar-refractivity contribution < 1.29 is 23.1 Å². The Morgan fingerprint density at radius 3 is 2.58 bits per heavy atom. The number of halogens is 3. The van der Waals surface area contributed by atoms with Crippen molar-refractivity contribution in [2.75, 3.05) is 5.75 Å². The molecule has 0 fully saturated rings. The van der Waals surface area contributed by atoms with Gasteiger partial charge in [-0.25, -0.2) is 9.78 Å². The average Bonchev–Trinajstić information content (AvgIpc) is 2.34. The highest BCUT2D eigenvalue weighted by molar-refractivity contribution is 7.99. The molecule has 0 saturated carbocycles. The van der Waals surface area contributed by atoms with E-state index in [4.69, 9.17) is 5.11 Å². The standard InChI is InChI=1S/C12H14F3NO2S/c1-3-7(2)6-19-10-8(11(17)18)4-5-9(16-10)12(13,14)15/h4-5,7H,3,6H2,1-2H3,(H,17,18). The SMILES string of the molecule is CCC(C)CSc1nc(C(F)(F)F)ccc1C(=O)O. The predicted molar refractivity (Wildman–Crippen MR) is 66.4 cm³/mol. The van der Waals surface area contributed by atoms with Crippen molar-refractivity contribution in [2.24, 2.45) is 5.92 Å². The highest BCUT2D eigenvalue weighted by Crippen LogP contribution is 2.31. The summed E-state index contributed by atoms with van der Waals surface area (Å²) in [5.41, 5.74) is -1.26. The van der Waals surface area contributed by atoms with Crippen LogP contribution in [0.15, 0.2) is 17.2 Å². The van der Waals surface area contributed by atoms with Crippen molar-refractivity contribution in [1.29, 1.82) is 0 Å². The minimum absolute atomic E-state index is 0.0809. The van der Waals surface area contributed by atoms with Gasteiger partial charge >= 0.3 is 12.1 Å². The smallest absolute Gasteiger partial charge is 0.433 e. The van der Waals surface area contributed by atoms with Crippen LogP contribution in [0.4, 0.5) is 13.2 Å². The number of nitrogens with zero attached hydrogens (tertiary/aromatic N) is 1. The molecule has 1 heterocycles. The maximum atomic E-state index is 12.5. The van der Waals surface area contributed by atoms with Gasteiger partial charge in [-0.1, -0.05) is 20.3 Å². The molecule has 1 rings (SSSR count). The molecule has 1 aromatic heterocycles. The van der Waals surface area contributed by atoms with Gasteiger partial charge in [-0.2, -0.15) is 13.2 Å². The van der Waals surface area contributed by atoms with E-state index in [1.165, 1.54) is 0 Å². The fourth-order valence-corrected chi connectivity index (χ4v) is 2.36. The molecule has 0 aliphatic heterocycles. The minimum atomic E-state index is -4.57. The number of aromatic nitrogens is 1. The number of rotatable bonds is 5. The van der Waals surface area contributed by atoms with Crippen LogP contribution in [0.3, 0.4) is 0 Å². The Hall–Kier alpha value is -1.24. The van der Waals surface area contributed by atoms with Crippen LogP contribution >= 0.6 is 11.8 Å². The van der Waals surface area contributed by atoms with Crippen molar-refractivity contribution in [2.45, 2.75) is 31.5 Å². The Balaban J connectivity index is 3.06. The molecule has 0 aromatic carbocycles. The molecule has 0 aliphatic carbocycles. The molecule has 0 radical (unpaired) electrons. The fraction of sp³-hybridized carbons (Fsp3) is 0.500. The lowest BCUT2D eigenvalue weighted by Gasteiger charge is -2.12. The fourth-order valence-electron chi connectivity index (χ4n) is 1.21. The summed E-state index contributed by atoms with van der Waals surface area (Å²) in [6.45, 7) is 3.91. The van der Waals surface area contributed by atoms with Crippen LogP contribution in [0.2, 0.25) is 0 Å². The van der Waals surface area contributed by atoms with Crippen LogP contribution in [0.1, 0.15) is 36.3 Å². The summed E-state index contributed by atoms with van der Waals surface area (Å²) >= 11 is 1.05. The van der Waals surface area contributed by atoms with E-state index in [9.17, 15) is 18.0 Å². The van der Waals surface area contributed by atoms with Crippen LogP contribution in [0.25, 0.3) is 0 Å². The third kappa shape index (κ3) is 4.41. The van der Waals surface area contributed by atoms with E-state index in [-0.39, 0.29) is 16.5 Å². The van der Waals surface area contributed by atoms with Gasteiger partial charge in [-0.05, 0) is 18.1 Å². The van der Waals surface area contributed by atoms with E-state index < -0.39 is 17.8 Å². The summed E-state index contributed by atoms with van der Waals surface area (Å²) in [5, 5.41) is 8.87. The van der Waals surface area contributed by atoms with Gasteiger partial charge in [0.25, 0.3) is 0 Å². The number of alkyl halides is 3. The zero-order valence-corrected chi connectivity index (χ0v) is 11.3. The molecular formula is C12H14F3NO2S. The number of carboxylic acids is 1. The van der Waals surface area contributed by atoms with Crippen LogP contribution in [0.5, 0.6) is 0 Å². The summed E-state index contributed by atoms with van der Waals surface area (Å²) in [6.07, 6.45) is -3.70. The molecular weight excluding hydrogens is 279 g/mol. The first kappa shape index (κ1) is 15.8. The summed E-state index contributed by atoms with van der Waals surface area (Å²) in [7, 11) is 0. The predicted octanol–water partition coefficient (Wildman–Crippen LogP) is 3.94. The van der Waals surface area contributed by atoms with E-state index in [0.717, 1.165) is 24.2 Å². The van der Waals surface area contributed by atoms with Gasteiger partial charge < -0.3 is 5.11 Å². The lowest BCUT2D eigenvalue weighted by atomic mass is 10.2. The number of aromatic carboxylic acids is 1. The summed E-state index contributed by atoms with van der Waals surface area (Å²) in [4.78, 5) is 14.4. The number of thioether (sulfide) groups is 1. The van der Waals surface area contributed by atoms with Crippen LogP contribution < -0.4 is 0 Å². The van der Waals surface area contributed by atoms with Gasteiger partial charge in [0.05, 0.1) is 5.56 Å². The Bertz CT molecular complexity index is 463. The summed E-state index contributed by atoms with van der Waals surface area (Å²) < 4.78 is 37.6. The number of hydrogen-bond donors (Lipinski definition) is 1. The third-order valence-electron chi connectivity index (χ3n) is 2.58. The lowest BCUT2D eigenvalue weighted by molar-refractivity contribution is -0.141. The second-order valence-electron chi connectivity index (χ2n) is 4.18. The normalized spacial score (nSPS) is 13.3. The van der Waals surface area contributed by atoms with Crippen LogP contribution in [0, 0.1) is 5.92 Å². The molecule has 0 saturated heterocycles. The van der Waals surface area contributed by atoms with Crippen LogP contribution in [-0.2, 0) is 6.18 Å². The average molecular weight is 293 g/mol. The van der Waals surface area contributed by atoms with E-state index >= 15 is 0 Å². The Morgan fingerprint density at radius 2 is 2.11 bits per heavy atom. The molecule has 1 atom stereocenters. The van der Waals surface area contributed by atoms with Gasteiger partial charge in [0.15, 0.2) is 0 Å². The summed E-state index contributed by atoms with van der Waals surface area (Å²) in [5.74, 6) is -0.457. The quantitative estimate of drug-likeness (QED) is 0.835. The van der Waals surface area contributed by atoms with Gasteiger partial charge in [0.2, 0.25) is 0 Å². The van der Waals surface area contributed by atoms with Crippen molar-refractivity contribution in [3.8, 4) is 0 Å². The minimum Gasteiger partial charge on any atom is -0.478 e. The number of pyridine rings is 1. The molecule has 0 bridgehead atoms. The van der Waals surface area contributed by atoms with Gasteiger partial charge in [-0.3, -0.25) is 0 Å². The van der Waals surface area contributed by atoms with Gasteiger partial charge in [-0.15, -0.1) is 11.8 Å². The monoisotopic (exact) mass is 293 g/mol. The molecule has 106 valence electrons. The van der Waals surface area contributed by atoms with E-state index in [1.807, 2.05) is 13.8 Å². The van der Waals surface area contributed by atoms with E-state index in [2.05, 4.69) is 4.98 Å². The first-order valence-electron chi connectivity index (χ1n) is 5.70. The molecule has 0 amide bonds. The third-order valence-corrected chi connectivity index (χ3v) is 3.90. The second kappa shape index (κ2) is 6.27. The van der Waals surface area contributed by atoms with Crippen molar-refractivity contribution in [3.63, 3.8) is 0 Å².